The zero-order valence-corrected chi connectivity index (χ0v) is 16.7. The van der Waals surface area contributed by atoms with Gasteiger partial charge in [-0.2, -0.15) is 0 Å². The number of hydrogen-bond donors (Lipinski definition) is 1. The number of fused-ring (bicyclic) bond motifs is 1. The Hall–Kier alpha value is -2.74. The molecule has 0 spiro atoms. The molecule has 0 aliphatic carbocycles. The lowest BCUT2D eigenvalue weighted by molar-refractivity contribution is -0.122. The summed E-state index contributed by atoms with van der Waals surface area (Å²) in [5, 5.41) is 3.54. The van der Waals surface area contributed by atoms with Crippen LogP contribution in [-0.4, -0.2) is 33.5 Å². The van der Waals surface area contributed by atoms with Gasteiger partial charge >= 0.3 is 0 Å². The van der Waals surface area contributed by atoms with Crippen LogP contribution < -0.4 is 15.8 Å². The van der Waals surface area contributed by atoms with Gasteiger partial charge < -0.3 is 10.2 Å². The van der Waals surface area contributed by atoms with Gasteiger partial charge in [-0.05, 0) is 12.5 Å². The SMILES string of the molecule is CCc1nc2sc(N(C)[C@H](C)C(=O)NCc3ccccc3)nc2c(=O)n1C. The summed E-state index contributed by atoms with van der Waals surface area (Å²) in [5.74, 6) is 0.620. The first-order chi connectivity index (χ1) is 12.9. The highest BCUT2D eigenvalue weighted by Gasteiger charge is 2.22. The number of thiazole rings is 1. The summed E-state index contributed by atoms with van der Waals surface area (Å²) in [5.41, 5.74) is 1.23. The third-order valence-electron chi connectivity index (χ3n) is 4.61. The highest BCUT2D eigenvalue weighted by atomic mass is 32.1. The summed E-state index contributed by atoms with van der Waals surface area (Å²) < 4.78 is 1.53. The lowest BCUT2D eigenvalue weighted by atomic mass is 10.2. The van der Waals surface area contributed by atoms with Gasteiger partial charge in [0.2, 0.25) is 5.91 Å². The fourth-order valence-corrected chi connectivity index (χ4v) is 3.72. The predicted octanol–water partition coefficient (Wildman–Crippen LogP) is 2.09. The quantitative estimate of drug-likeness (QED) is 0.703. The van der Waals surface area contributed by atoms with E-state index in [4.69, 9.17) is 0 Å². The second-order valence-corrected chi connectivity index (χ2v) is 7.34. The zero-order valence-electron chi connectivity index (χ0n) is 15.9. The molecule has 1 atom stereocenters. The molecular weight excluding hydrogens is 362 g/mol. The van der Waals surface area contributed by atoms with Crippen LogP contribution in [0.4, 0.5) is 5.13 Å². The monoisotopic (exact) mass is 385 g/mol. The Morgan fingerprint density at radius 1 is 1.30 bits per heavy atom. The first kappa shape index (κ1) is 19.0. The molecule has 8 heteroatoms. The number of carbonyl (C=O) groups is 1. The van der Waals surface area contributed by atoms with Gasteiger partial charge in [0.25, 0.3) is 5.56 Å². The van der Waals surface area contributed by atoms with E-state index in [-0.39, 0.29) is 11.5 Å². The van der Waals surface area contributed by atoms with Crippen molar-refractivity contribution in [2.24, 2.45) is 7.05 Å². The van der Waals surface area contributed by atoms with Crippen molar-refractivity contribution in [3.63, 3.8) is 0 Å². The number of anilines is 1. The van der Waals surface area contributed by atoms with Crippen molar-refractivity contribution in [3.8, 4) is 0 Å². The van der Waals surface area contributed by atoms with Crippen LogP contribution in [0.2, 0.25) is 0 Å². The van der Waals surface area contributed by atoms with E-state index < -0.39 is 6.04 Å². The van der Waals surface area contributed by atoms with E-state index in [1.165, 1.54) is 15.9 Å². The molecule has 2 aromatic heterocycles. The molecule has 0 aliphatic rings. The van der Waals surface area contributed by atoms with Crippen LogP contribution in [0.5, 0.6) is 0 Å². The molecule has 0 radical (unpaired) electrons. The van der Waals surface area contributed by atoms with Gasteiger partial charge in [0.05, 0.1) is 0 Å². The maximum Gasteiger partial charge on any atom is 0.280 e. The molecule has 1 amide bonds. The third kappa shape index (κ3) is 3.85. The number of benzene rings is 1. The Morgan fingerprint density at radius 3 is 2.67 bits per heavy atom. The summed E-state index contributed by atoms with van der Waals surface area (Å²) in [7, 11) is 3.51. The van der Waals surface area contributed by atoms with E-state index in [1.54, 1.807) is 19.0 Å². The molecule has 0 bridgehead atoms. The van der Waals surface area contributed by atoms with Crippen LogP contribution in [-0.2, 0) is 24.8 Å². The minimum Gasteiger partial charge on any atom is -0.350 e. The van der Waals surface area contributed by atoms with Gasteiger partial charge in [0.15, 0.2) is 15.5 Å². The number of aryl methyl sites for hydroxylation is 1. The number of likely N-dealkylation sites (N-methyl/N-ethyl adjacent to an activating group) is 1. The summed E-state index contributed by atoms with van der Waals surface area (Å²) in [6.45, 7) is 4.25. The molecule has 2 heterocycles. The van der Waals surface area contributed by atoms with Crippen molar-refractivity contribution >= 4 is 32.7 Å². The molecule has 0 saturated heterocycles. The summed E-state index contributed by atoms with van der Waals surface area (Å²) in [6.07, 6.45) is 0.670. The minimum atomic E-state index is -0.427. The smallest absolute Gasteiger partial charge is 0.280 e. The van der Waals surface area contributed by atoms with E-state index in [0.29, 0.717) is 28.4 Å². The molecule has 1 N–H and O–H groups in total. The molecular formula is C19H23N5O2S. The summed E-state index contributed by atoms with van der Waals surface area (Å²) in [4.78, 5) is 36.3. The molecule has 0 saturated carbocycles. The van der Waals surface area contributed by atoms with E-state index in [0.717, 1.165) is 11.4 Å². The molecule has 0 aliphatic heterocycles. The van der Waals surface area contributed by atoms with Crippen molar-refractivity contribution in [1.82, 2.24) is 19.9 Å². The van der Waals surface area contributed by atoms with Crippen LogP contribution in [0.3, 0.4) is 0 Å². The second-order valence-electron chi connectivity index (χ2n) is 6.39. The van der Waals surface area contributed by atoms with Gasteiger partial charge in [0, 0.05) is 27.1 Å². The minimum absolute atomic E-state index is 0.101. The van der Waals surface area contributed by atoms with E-state index in [2.05, 4.69) is 15.3 Å². The van der Waals surface area contributed by atoms with Gasteiger partial charge in [0.1, 0.15) is 11.9 Å². The van der Waals surface area contributed by atoms with Crippen LogP contribution in [0.15, 0.2) is 35.1 Å². The topological polar surface area (TPSA) is 80.1 Å². The largest absolute Gasteiger partial charge is 0.350 e. The first-order valence-corrected chi connectivity index (χ1v) is 9.65. The average molecular weight is 385 g/mol. The van der Waals surface area contributed by atoms with Crippen molar-refractivity contribution in [1.29, 1.82) is 0 Å². The van der Waals surface area contributed by atoms with Crippen molar-refractivity contribution < 1.29 is 4.79 Å². The predicted molar refractivity (Wildman–Crippen MR) is 108 cm³/mol. The average Bonchev–Trinajstić information content (AvgIpc) is 3.12. The van der Waals surface area contributed by atoms with E-state index in [1.807, 2.05) is 44.2 Å². The van der Waals surface area contributed by atoms with E-state index >= 15 is 0 Å². The Labute approximate surface area is 161 Å². The Bertz CT molecular complexity index is 1010. The zero-order chi connectivity index (χ0) is 19.6. The van der Waals surface area contributed by atoms with Crippen LogP contribution >= 0.6 is 11.3 Å². The highest BCUT2D eigenvalue weighted by Crippen LogP contribution is 2.26. The van der Waals surface area contributed by atoms with Crippen molar-refractivity contribution in [3.05, 3.63) is 52.1 Å². The number of carbonyl (C=O) groups excluding carboxylic acids is 1. The lowest BCUT2D eigenvalue weighted by Gasteiger charge is -2.23. The fourth-order valence-electron chi connectivity index (χ4n) is 2.73. The van der Waals surface area contributed by atoms with Crippen LogP contribution in [0.1, 0.15) is 25.2 Å². The van der Waals surface area contributed by atoms with Crippen molar-refractivity contribution in [2.75, 3.05) is 11.9 Å². The Morgan fingerprint density at radius 2 is 2.00 bits per heavy atom. The number of aromatic nitrogens is 3. The second kappa shape index (κ2) is 7.87. The molecule has 3 aromatic rings. The molecule has 7 nitrogen and oxygen atoms in total. The summed E-state index contributed by atoms with van der Waals surface area (Å²) in [6, 6.07) is 9.33. The molecule has 27 heavy (non-hydrogen) atoms. The number of hydrogen-bond acceptors (Lipinski definition) is 6. The Balaban J connectivity index is 1.78. The summed E-state index contributed by atoms with van der Waals surface area (Å²) >= 11 is 1.33. The van der Waals surface area contributed by atoms with Gasteiger partial charge in [-0.3, -0.25) is 14.2 Å². The van der Waals surface area contributed by atoms with Gasteiger partial charge in [-0.1, -0.05) is 48.6 Å². The first-order valence-electron chi connectivity index (χ1n) is 8.83. The molecule has 0 unspecified atom stereocenters. The fraction of sp³-hybridized carbons (Fsp3) is 0.368. The lowest BCUT2D eigenvalue weighted by Crippen LogP contribution is -2.43. The maximum atomic E-state index is 12.5. The number of rotatable bonds is 6. The molecule has 1 aromatic carbocycles. The molecule has 142 valence electrons. The third-order valence-corrected chi connectivity index (χ3v) is 5.65. The van der Waals surface area contributed by atoms with Gasteiger partial charge in [-0.25, -0.2) is 9.97 Å². The number of nitrogens with zero attached hydrogens (tertiary/aromatic N) is 4. The van der Waals surface area contributed by atoms with Gasteiger partial charge in [-0.15, -0.1) is 0 Å². The van der Waals surface area contributed by atoms with E-state index in [9.17, 15) is 9.59 Å². The maximum absolute atomic E-state index is 12.5. The van der Waals surface area contributed by atoms with Crippen molar-refractivity contribution in [2.45, 2.75) is 32.9 Å². The molecule has 0 fully saturated rings. The van der Waals surface area contributed by atoms with Crippen LogP contribution in [0, 0.1) is 0 Å². The molecule has 3 rings (SSSR count). The standard InChI is InChI=1S/C19H23N5O2S/c1-5-14-21-17-15(18(26)24(14)4)22-19(27-17)23(3)12(2)16(25)20-11-13-9-7-6-8-10-13/h6-10,12H,5,11H2,1-4H3,(H,20,25)/t12-/m1/s1. The van der Waals surface area contributed by atoms with Crippen LogP contribution in [0.25, 0.3) is 10.3 Å². The number of amides is 1. The Kier molecular flexibility index (Phi) is 5.55. The highest BCUT2D eigenvalue weighted by molar-refractivity contribution is 7.21. The normalized spacial score (nSPS) is 12.1. The number of nitrogens with one attached hydrogen (secondary N) is 1.